The van der Waals surface area contributed by atoms with E-state index < -0.39 is 4.92 Å². The summed E-state index contributed by atoms with van der Waals surface area (Å²) < 4.78 is 0.367. The van der Waals surface area contributed by atoms with Crippen LogP contribution in [0.2, 0.25) is 0 Å². The minimum absolute atomic E-state index is 0.0155. The summed E-state index contributed by atoms with van der Waals surface area (Å²) in [7, 11) is 0. The maximum Gasteiger partial charge on any atom is 0.270 e. The van der Waals surface area contributed by atoms with Crippen molar-refractivity contribution in [1.29, 1.82) is 0 Å². The fourth-order valence-electron chi connectivity index (χ4n) is 4.46. The van der Waals surface area contributed by atoms with Gasteiger partial charge in [0.05, 0.1) is 22.4 Å². The molecule has 7 heteroatoms. The average Bonchev–Trinajstić information content (AvgIpc) is 3.18. The van der Waals surface area contributed by atoms with Crippen LogP contribution in [0.1, 0.15) is 13.8 Å². The summed E-state index contributed by atoms with van der Waals surface area (Å²) in [6.07, 6.45) is 4.07. The van der Waals surface area contributed by atoms with E-state index in [1.807, 2.05) is 26.0 Å². The number of anilines is 1. The van der Waals surface area contributed by atoms with Crippen LogP contribution in [0.25, 0.3) is 0 Å². The molecule has 128 valence electrons. The number of rotatable bonds is 2. The maximum atomic E-state index is 13.0. The number of fused-ring (bicyclic) bond motifs is 5. The van der Waals surface area contributed by atoms with Gasteiger partial charge >= 0.3 is 0 Å². The summed E-state index contributed by atoms with van der Waals surface area (Å²) in [5.74, 6) is -1.21. The minimum Gasteiger partial charge on any atom is -0.274 e. The van der Waals surface area contributed by atoms with Crippen molar-refractivity contribution >= 4 is 39.1 Å². The highest BCUT2D eigenvalue weighted by molar-refractivity contribution is 9.10. The van der Waals surface area contributed by atoms with Crippen LogP contribution in [0.5, 0.6) is 0 Å². The quantitative estimate of drug-likeness (QED) is 0.327. The second-order valence-electron chi connectivity index (χ2n) is 6.85. The summed E-state index contributed by atoms with van der Waals surface area (Å²) >= 11 is 3.27. The van der Waals surface area contributed by atoms with Gasteiger partial charge in [-0.2, -0.15) is 0 Å². The van der Waals surface area contributed by atoms with Crippen LogP contribution in [-0.2, 0) is 9.59 Å². The first-order chi connectivity index (χ1) is 11.8. The van der Waals surface area contributed by atoms with E-state index >= 15 is 0 Å². The molecule has 4 rings (SSSR count). The standard InChI is InChI=1S/C18H15BrN2O4/c1-8(2)14-10-4-5-11(14)16-15(10)17(22)20(18(16)23)13-6-3-9(21(24)25)7-12(13)19/h3-7,10-11,15-16H,1-2H3/t10-,11-,15-,16-/m0/s1. The number of amides is 2. The Labute approximate surface area is 152 Å². The molecule has 1 aromatic rings. The molecule has 1 aliphatic heterocycles. The van der Waals surface area contributed by atoms with Crippen LogP contribution < -0.4 is 4.90 Å². The van der Waals surface area contributed by atoms with Crippen LogP contribution >= 0.6 is 15.9 Å². The third kappa shape index (κ3) is 2.08. The molecular weight excluding hydrogens is 388 g/mol. The number of hydrogen-bond acceptors (Lipinski definition) is 4. The summed E-state index contributed by atoms with van der Waals surface area (Å²) in [4.78, 5) is 37.6. The minimum atomic E-state index is -0.512. The molecule has 2 amide bonds. The van der Waals surface area contributed by atoms with Gasteiger partial charge in [-0.05, 0) is 35.8 Å². The van der Waals surface area contributed by atoms with E-state index in [9.17, 15) is 19.7 Å². The first-order valence-electron chi connectivity index (χ1n) is 8.00. The van der Waals surface area contributed by atoms with Gasteiger partial charge in [0.1, 0.15) is 0 Å². The van der Waals surface area contributed by atoms with Gasteiger partial charge in [0, 0.05) is 28.4 Å². The van der Waals surface area contributed by atoms with Crippen molar-refractivity contribution in [3.05, 3.63) is 56.1 Å². The molecule has 6 nitrogen and oxygen atoms in total. The van der Waals surface area contributed by atoms with Crippen molar-refractivity contribution in [2.45, 2.75) is 13.8 Å². The first-order valence-corrected chi connectivity index (χ1v) is 8.79. The number of non-ortho nitro benzene ring substituents is 1. The van der Waals surface area contributed by atoms with E-state index in [1.54, 1.807) is 0 Å². The fourth-order valence-corrected chi connectivity index (χ4v) is 5.00. The summed E-state index contributed by atoms with van der Waals surface area (Å²) in [5, 5.41) is 10.9. The van der Waals surface area contributed by atoms with E-state index in [2.05, 4.69) is 15.9 Å². The number of allylic oxidation sites excluding steroid dienone is 4. The Hall–Kier alpha value is -2.28. The molecule has 1 aromatic carbocycles. The molecule has 1 saturated carbocycles. The number of hydrogen-bond donors (Lipinski definition) is 0. The van der Waals surface area contributed by atoms with Crippen LogP contribution in [0.3, 0.4) is 0 Å². The van der Waals surface area contributed by atoms with Gasteiger partial charge in [-0.15, -0.1) is 0 Å². The Balaban J connectivity index is 1.75. The monoisotopic (exact) mass is 402 g/mol. The van der Waals surface area contributed by atoms with Gasteiger partial charge in [0.2, 0.25) is 11.8 Å². The van der Waals surface area contributed by atoms with Crippen LogP contribution in [0, 0.1) is 33.8 Å². The molecule has 2 aliphatic carbocycles. The zero-order valence-corrected chi connectivity index (χ0v) is 15.2. The molecule has 0 radical (unpaired) electrons. The molecule has 0 spiro atoms. The summed E-state index contributed by atoms with van der Waals surface area (Å²) in [6.45, 7) is 4.03. The number of nitro benzene ring substituents is 1. The smallest absolute Gasteiger partial charge is 0.270 e. The number of nitro groups is 1. The topological polar surface area (TPSA) is 80.5 Å². The lowest BCUT2D eigenvalue weighted by Crippen LogP contribution is -2.33. The Kier molecular flexibility index (Phi) is 3.47. The molecule has 1 saturated heterocycles. The molecule has 0 N–H and O–H groups in total. The van der Waals surface area contributed by atoms with Gasteiger partial charge in [-0.1, -0.05) is 23.3 Å². The van der Waals surface area contributed by atoms with Crippen molar-refractivity contribution < 1.29 is 14.5 Å². The molecule has 2 fully saturated rings. The predicted octanol–water partition coefficient (Wildman–Crippen LogP) is 3.62. The van der Waals surface area contributed by atoms with E-state index in [0.29, 0.717) is 10.2 Å². The van der Waals surface area contributed by atoms with Crippen LogP contribution in [0.15, 0.2) is 46.0 Å². The largest absolute Gasteiger partial charge is 0.274 e. The van der Waals surface area contributed by atoms with Gasteiger partial charge in [0.25, 0.3) is 5.69 Å². The van der Waals surface area contributed by atoms with Crippen LogP contribution in [0.4, 0.5) is 11.4 Å². The van der Waals surface area contributed by atoms with Gasteiger partial charge in [-0.25, -0.2) is 4.90 Å². The third-order valence-electron chi connectivity index (χ3n) is 5.38. The third-order valence-corrected chi connectivity index (χ3v) is 6.01. The van der Waals surface area contributed by atoms with Crippen LogP contribution in [-0.4, -0.2) is 16.7 Å². The highest BCUT2D eigenvalue weighted by atomic mass is 79.9. The highest BCUT2D eigenvalue weighted by Crippen LogP contribution is 2.57. The lowest BCUT2D eigenvalue weighted by atomic mass is 9.85. The van der Waals surface area contributed by atoms with Crippen molar-refractivity contribution in [1.82, 2.24) is 0 Å². The molecular formula is C18H15BrN2O4. The average molecular weight is 403 g/mol. The lowest BCUT2D eigenvalue weighted by molar-refractivity contribution is -0.384. The molecule has 2 bridgehead atoms. The van der Waals surface area contributed by atoms with E-state index in [4.69, 9.17) is 0 Å². The molecule has 1 heterocycles. The fraction of sp³-hybridized carbons (Fsp3) is 0.333. The van der Waals surface area contributed by atoms with Gasteiger partial charge < -0.3 is 0 Å². The van der Waals surface area contributed by atoms with Crippen molar-refractivity contribution in [3.63, 3.8) is 0 Å². The Morgan fingerprint density at radius 1 is 1.12 bits per heavy atom. The number of nitrogens with zero attached hydrogens (tertiary/aromatic N) is 2. The Morgan fingerprint density at radius 3 is 2.12 bits per heavy atom. The first kappa shape index (κ1) is 16.2. The second kappa shape index (κ2) is 5.36. The normalized spacial score (nSPS) is 29.6. The van der Waals surface area contributed by atoms with Gasteiger partial charge in [-0.3, -0.25) is 19.7 Å². The summed E-state index contributed by atoms with van der Waals surface area (Å²) in [6, 6.07) is 4.08. The zero-order valence-electron chi connectivity index (χ0n) is 13.6. The number of carbonyl (C=O) groups is 2. The summed E-state index contributed by atoms with van der Waals surface area (Å²) in [5.41, 5.74) is 2.63. The molecule has 0 unspecified atom stereocenters. The zero-order chi connectivity index (χ0) is 18.0. The van der Waals surface area contributed by atoms with Crippen molar-refractivity contribution in [2.75, 3.05) is 4.90 Å². The number of benzene rings is 1. The van der Waals surface area contributed by atoms with Gasteiger partial charge in [0.15, 0.2) is 0 Å². The Bertz CT molecular complexity index is 866. The molecule has 0 aromatic heterocycles. The molecule has 3 aliphatic rings. The predicted molar refractivity (Wildman–Crippen MR) is 94.8 cm³/mol. The van der Waals surface area contributed by atoms with Crippen molar-refractivity contribution in [3.8, 4) is 0 Å². The number of imide groups is 1. The van der Waals surface area contributed by atoms with E-state index in [-0.39, 0.29) is 41.2 Å². The number of carbonyl (C=O) groups excluding carboxylic acids is 2. The lowest BCUT2D eigenvalue weighted by Gasteiger charge is -2.20. The van der Waals surface area contributed by atoms with E-state index in [0.717, 1.165) is 5.57 Å². The van der Waals surface area contributed by atoms with E-state index in [1.165, 1.54) is 28.7 Å². The number of halogens is 1. The second-order valence-corrected chi connectivity index (χ2v) is 7.70. The Morgan fingerprint density at radius 2 is 1.68 bits per heavy atom. The SMILES string of the molecule is CC(C)=C1[C@@H]2C=C[C@@H]1[C@@H]1C(=O)N(c3ccc([N+](=O)[O-])cc3Br)C(=O)[C@H]12. The van der Waals surface area contributed by atoms with Crippen molar-refractivity contribution in [2.24, 2.45) is 23.7 Å². The molecule has 4 atom stereocenters. The highest BCUT2D eigenvalue weighted by Gasteiger charge is 2.62. The molecule has 25 heavy (non-hydrogen) atoms. The maximum absolute atomic E-state index is 13.0.